The molecule has 18 heavy (non-hydrogen) atoms. The molecule has 0 aliphatic rings. The van der Waals surface area contributed by atoms with Gasteiger partial charge in [0.1, 0.15) is 11.5 Å². The molecular weight excluding hydrogens is 224 g/mol. The van der Waals surface area contributed by atoms with Gasteiger partial charge in [-0.15, -0.1) is 0 Å². The number of pyridine rings is 1. The fourth-order valence-electron chi connectivity index (χ4n) is 2.26. The predicted octanol–water partition coefficient (Wildman–Crippen LogP) is 3.18. The molecular formula is C15H20N2O. The maximum Gasteiger partial charge on any atom is 0.105 e. The smallest absolute Gasteiger partial charge is 0.105 e. The van der Waals surface area contributed by atoms with Crippen LogP contribution in [0.4, 0.5) is 0 Å². The molecule has 0 fully saturated rings. The Balaban J connectivity index is 2.21. The summed E-state index contributed by atoms with van der Waals surface area (Å²) < 4.78 is 5.62. The van der Waals surface area contributed by atoms with E-state index in [0.29, 0.717) is 0 Å². The van der Waals surface area contributed by atoms with Crippen molar-refractivity contribution in [2.75, 3.05) is 6.54 Å². The predicted molar refractivity (Wildman–Crippen MR) is 72.5 cm³/mol. The fraction of sp³-hybridized carbons (Fsp3) is 0.400. The maximum atomic E-state index is 5.62. The maximum absolute atomic E-state index is 5.62. The number of aryl methyl sites for hydroxylation is 2. The highest BCUT2D eigenvalue weighted by atomic mass is 16.3. The van der Waals surface area contributed by atoms with Gasteiger partial charge in [-0.05, 0) is 38.6 Å². The number of nitrogens with one attached hydrogen (secondary N) is 1. The number of hydrogen-bond acceptors (Lipinski definition) is 3. The van der Waals surface area contributed by atoms with Gasteiger partial charge in [0.2, 0.25) is 0 Å². The first kappa shape index (κ1) is 12.8. The standard InChI is InChI=1S/C15H20N2O/c1-4-16-15(10-13-7-5-6-8-17-13)14-9-11(2)18-12(14)3/h5-9,15-16H,4,10H2,1-3H3. The molecule has 0 spiro atoms. The Labute approximate surface area is 108 Å². The lowest BCUT2D eigenvalue weighted by Crippen LogP contribution is -2.23. The van der Waals surface area contributed by atoms with E-state index in [4.69, 9.17) is 4.42 Å². The Kier molecular flexibility index (Phi) is 4.15. The van der Waals surface area contributed by atoms with Gasteiger partial charge in [0.15, 0.2) is 0 Å². The summed E-state index contributed by atoms with van der Waals surface area (Å²) in [6.07, 6.45) is 2.72. The number of rotatable bonds is 5. The van der Waals surface area contributed by atoms with Crippen molar-refractivity contribution in [1.29, 1.82) is 0 Å². The second-order valence-corrected chi connectivity index (χ2v) is 4.50. The van der Waals surface area contributed by atoms with Crippen LogP contribution in [0.25, 0.3) is 0 Å². The molecule has 2 rings (SSSR count). The normalized spacial score (nSPS) is 12.6. The van der Waals surface area contributed by atoms with Crippen molar-refractivity contribution in [3.8, 4) is 0 Å². The van der Waals surface area contributed by atoms with Crippen molar-refractivity contribution in [3.05, 3.63) is 53.2 Å². The highest BCUT2D eigenvalue weighted by Gasteiger charge is 2.17. The van der Waals surface area contributed by atoms with E-state index in [1.807, 2.05) is 32.2 Å². The number of furan rings is 1. The second kappa shape index (κ2) is 5.83. The van der Waals surface area contributed by atoms with Gasteiger partial charge < -0.3 is 9.73 Å². The van der Waals surface area contributed by atoms with E-state index in [-0.39, 0.29) is 6.04 Å². The van der Waals surface area contributed by atoms with Crippen LogP contribution in [-0.2, 0) is 6.42 Å². The lowest BCUT2D eigenvalue weighted by atomic mass is 10.0. The number of aromatic nitrogens is 1. The Morgan fingerprint density at radius 3 is 2.72 bits per heavy atom. The SMILES string of the molecule is CCNC(Cc1ccccn1)c1cc(C)oc1C. The first-order valence-electron chi connectivity index (χ1n) is 6.41. The van der Waals surface area contributed by atoms with E-state index < -0.39 is 0 Å². The third-order valence-corrected chi connectivity index (χ3v) is 3.04. The molecule has 2 aromatic heterocycles. The van der Waals surface area contributed by atoms with Crippen molar-refractivity contribution in [1.82, 2.24) is 10.3 Å². The topological polar surface area (TPSA) is 38.1 Å². The van der Waals surface area contributed by atoms with Crippen molar-refractivity contribution in [2.45, 2.75) is 33.2 Å². The molecule has 0 aliphatic carbocycles. The monoisotopic (exact) mass is 244 g/mol. The lowest BCUT2D eigenvalue weighted by molar-refractivity contribution is 0.483. The van der Waals surface area contributed by atoms with E-state index in [2.05, 4.69) is 29.4 Å². The van der Waals surface area contributed by atoms with E-state index in [1.165, 1.54) is 5.56 Å². The van der Waals surface area contributed by atoms with Crippen LogP contribution in [0.2, 0.25) is 0 Å². The zero-order valence-corrected chi connectivity index (χ0v) is 11.2. The van der Waals surface area contributed by atoms with Gasteiger partial charge in [-0.25, -0.2) is 0 Å². The van der Waals surface area contributed by atoms with Crippen molar-refractivity contribution < 1.29 is 4.42 Å². The van der Waals surface area contributed by atoms with Crippen LogP contribution in [0.5, 0.6) is 0 Å². The largest absolute Gasteiger partial charge is 0.466 e. The third-order valence-electron chi connectivity index (χ3n) is 3.04. The minimum atomic E-state index is 0.266. The summed E-state index contributed by atoms with van der Waals surface area (Å²) in [7, 11) is 0. The highest BCUT2D eigenvalue weighted by Crippen LogP contribution is 2.24. The van der Waals surface area contributed by atoms with Crippen LogP contribution in [0.15, 0.2) is 34.9 Å². The zero-order valence-electron chi connectivity index (χ0n) is 11.2. The lowest BCUT2D eigenvalue weighted by Gasteiger charge is -2.16. The van der Waals surface area contributed by atoms with Gasteiger partial charge in [-0.3, -0.25) is 4.98 Å². The molecule has 1 atom stereocenters. The molecule has 1 unspecified atom stereocenters. The summed E-state index contributed by atoms with van der Waals surface area (Å²) in [6.45, 7) is 7.06. The Morgan fingerprint density at radius 2 is 2.17 bits per heavy atom. The summed E-state index contributed by atoms with van der Waals surface area (Å²) in [5.41, 5.74) is 2.33. The van der Waals surface area contributed by atoms with Gasteiger partial charge in [-0.1, -0.05) is 13.0 Å². The van der Waals surface area contributed by atoms with Crippen molar-refractivity contribution >= 4 is 0 Å². The van der Waals surface area contributed by atoms with Gasteiger partial charge in [0.25, 0.3) is 0 Å². The minimum Gasteiger partial charge on any atom is -0.466 e. The summed E-state index contributed by atoms with van der Waals surface area (Å²) in [4.78, 5) is 4.39. The first-order valence-corrected chi connectivity index (χ1v) is 6.41. The molecule has 0 aliphatic heterocycles. The summed E-state index contributed by atoms with van der Waals surface area (Å²) >= 11 is 0. The Bertz CT molecular complexity index is 490. The van der Waals surface area contributed by atoms with E-state index in [9.17, 15) is 0 Å². The van der Waals surface area contributed by atoms with Gasteiger partial charge >= 0.3 is 0 Å². The number of likely N-dealkylation sites (N-methyl/N-ethyl adjacent to an activating group) is 1. The van der Waals surface area contributed by atoms with Crippen LogP contribution in [0.1, 0.15) is 35.7 Å². The summed E-state index contributed by atoms with van der Waals surface area (Å²) in [6, 6.07) is 8.41. The molecule has 2 heterocycles. The van der Waals surface area contributed by atoms with Crippen LogP contribution in [0, 0.1) is 13.8 Å². The van der Waals surface area contributed by atoms with Crippen LogP contribution in [-0.4, -0.2) is 11.5 Å². The molecule has 96 valence electrons. The van der Waals surface area contributed by atoms with E-state index in [0.717, 1.165) is 30.2 Å². The molecule has 0 bridgehead atoms. The van der Waals surface area contributed by atoms with Crippen LogP contribution >= 0.6 is 0 Å². The Morgan fingerprint density at radius 1 is 1.33 bits per heavy atom. The fourth-order valence-corrected chi connectivity index (χ4v) is 2.26. The third kappa shape index (κ3) is 2.99. The van der Waals surface area contributed by atoms with Crippen LogP contribution in [0.3, 0.4) is 0 Å². The molecule has 0 saturated heterocycles. The van der Waals surface area contributed by atoms with Gasteiger partial charge in [0.05, 0.1) is 0 Å². The molecule has 1 N–H and O–H groups in total. The Hall–Kier alpha value is -1.61. The highest BCUT2D eigenvalue weighted by molar-refractivity contribution is 5.25. The van der Waals surface area contributed by atoms with Crippen molar-refractivity contribution in [3.63, 3.8) is 0 Å². The van der Waals surface area contributed by atoms with Gasteiger partial charge in [0, 0.05) is 29.9 Å². The van der Waals surface area contributed by atoms with E-state index >= 15 is 0 Å². The molecule has 2 aromatic rings. The van der Waals surface area contributed by atoms with Gasteiger partial charge in [-0.2, -0.15) is 0 Å². The second-order valence-electron chi connectivity index (χ2n) is 4.50. The molecule has 0 aromatic carbocycles. The van der Waals surface area contributed by atoms with Crippen molar-refractivity contribution in [2.24, 2.45) is 0 Å². The molecule has 0 radical (unpaired) electrons. The van der Waals surface area contributed by atoms with E-state index in [1.54, 1.807) is 0 Å². The van der Waals surface area contributed by atoms with Crippen LogP contribution < -0.4 is 5.32 Å². The first-order chi connectivity index (χ1) is 8.70. The summed E-state index contributed by atoms with van der Waals surface area (Å²) in [5, 5.41) is 3.50. The quantitative estimate of drug-likeness (QED) is 0.877. The minimum absolute atomic E-state index is 0.266. The molecule has 0 saturated carbocycles. The zero-order chi connectivity index (χ0) is 13.0. The molecule has 3 nitrogen and oxygen atoms in total. The number of hydrogen-bond donors (Lipinski definition) is 1. The average molecular weight is 244 g/mol. The molecule has 0 amide bonds. The molecule has 3 heteroatoms. The average Bonchev–Trinajstić information content (AvgIpc) is 2.69. The summed E-state index contributed by atoms with van der Waals surface area (Å²) in [5.74, 6) is 1.96. The number of nitrogens with zero attached hydrogens (tertiary/aromatic N) is 1.